The minimum atomic E-state index is -1.39. The number of carbonyl (C=O) groups excluding carboxylic acids is 1. The maximum atomic E-state index is 11.8. The van der Waals surface area contributed by atoms with E-state index in [1.165, 1.54) is 0 Å². The van der Waals surface area contributed by atoms with Crippen LogP contribution in [0, 0.1) is 17.3 Å². The Hall–Kier alpha value is -0.870. The zero-order chi connectivity index (χ0) is 14.0. The van der Waals surface area contributed by atoms with E-state index in [0.29, 0.717) is 6.42 Å². The fourth-order valence-electron chi connectivity index (χ4n) is 4.32. The van der Waals surface area contributed by atoms with Crippen molar-refractivity contribution in [2.75, 3.05) is 0 Å². The summed E-state index contributed by atoms with van der Waals surface area (Å²) >= 11 is 0. The summed E-state index contributed by atoms with van der Waals surface area (Å²) in [5, 5.41) is 20.3. The SMILES string of the molecule is C=C1C(O)CCC2(C)CC3OC(=O)C(C)(O)C3CC12. The van der Waals surface area contributed by atoms with Crippen molar-refractivity contribution in [1.82, 2.24) is 0 Å². The molecule has 6 atom stereocenters. The van der Waals surface area contributed by atoms with Gasteiger partial charge in [-0.1, -0.05) is 13.5 Å². The van der Waals surface area contributed by atoms with E-state index in [9.17, 15) is 15.0 Å². The van der Waals surface area contributed by atoms with E-state index in [4.69, 9.17) is 4.74 Å². The Labute approximate surface area is 113 Å². The van der Waals surface area contributed by atoms with Crippen molar-refractivity contribution < 1.29 is 19.7 Å². The second-order valence-corrected chi connectivity index (χ2v) is 6.97. The normalized spacial score (nSPS) is 53.5. The first-order chi connectivity index (χ1) is 8.75. The van der Waals surface area contributed by atoms with Gasteiger partial charge in [-0.05, 0) is 49.5 Å². The van der Waals surface area contributed by atoms with Gasteiger partial charge in [0.25, 0.3) is 0 Å². The van der Waals surface area contributed by atoms with Crippen molar-refractivity contribution >= 4 is 5.97 Å². The molecular weight excluding hydrogens is 244 g/mol. The summed E-state index contributed by atoms with van der Waals surface area (Å²) in [5.41, 5.74) is -0.505. The highest BCUT2D eigenvalue weighted by Crippen LogP contribution is 2.57. The van der Waals surface area contributed by atoms with E-state index in [-0.39, 0.29) is 23.4 Å². The van der Waals surface area contributed by atoms with Crippen molar-refractivity contribution in [3.05, 3.63) is 12.2 Å². The van der Waals surface area contributed by atoms with Gasteiger partial charge in [0.2, 0.25) is 0 Å². The molecule has 3 rings (SSSR count). The van der Waals surface area contributed by atoms with Crippen LogP contribution in [0.1, 0.15) is 39.5 Å². The average molecular weight is 266 g/mol. The molecule has 0 aromatic rings. The van der Waals surface area contributed by atoms with Crippen LogP contribution in [-0.4, -0.2) is 34.0 Å². The number of aliphatic hydroxyl groups is 2. The number of hydrogen-bond acceptors (Lipinski definition) is 4. The number of hydrogen-bond donors (Lipinski definition) is 2. The van der Waals surface area contributed by atoms with Crippen LogP contribution in [0.5, 0.6) is 0 Å². The lowest BCUT2D eigenvalue weighted by Gasteiger charge is -2.51. The van der Waals surface area contributed by atoms with Crippen LogP contribution in [-0.2, 0) is 9.53 Å². The molecule has 0 aromatic carbocycles. The Morgan fingerprint density at radius 2 is 2.11 bits per heavy atom. The van der Waals surface area contributed by atoms with E-state index in [1.54, 1.807) is 6.92 Å². The summed E-state index contributed by atoms with van der Waals surface area (Å²) < 4.78 is 5.38. The fraction of sp³-hybridized carbons (Fsp3) is 0.800. The van der Waals surface area contributed by atoms with E-state index in [0.717, 1.165) is 24.8 Å². The minimum Gasteiger partial charge on any atom is -0.460 e. The summed E-state index contributed by atoms with van der Waals surface area (Å²) in [5.74, 6) is -0.519. The molecule has 1 heterocycles. The van der Waals surface area contributed by atoms with Gasteiger partial charge in [0, 0.05) is 5.92 Å². The third-order valence-electron chi connectivity index (χ3n) is 5.71. The summed E-state index contributed by atoms with van der Waals surface area (Å²) in [6, 6.07) is 0. The quantitative estimate of drug-likeness (QED) is 0.514. The lowest BCUT2D eigenvalue weighted by Crippen LogP contribution is -2.50. The highest BCUT2D eigenvalue weighted by Gasteiger charge is 2.60. The molecule has 2 aliphatic carbocycles. The zero-order valence-electron chi connectivity index (χ0n) is 11.6. The van der Waals surface area contributed by atoms with Crippen LogP contribution in [0.4, 0.5) is 0 Å². The standard InChI is InChI=1S/C15H22O4/c1-8-9-6-10-12(19-13(17)15(10,3)18)7-14(9,2)5-4-11(8)16/h9-12,16,18H,1,4-7H2,2-3H3. The average Bonchev–Trinajstić information content (AvgIpc) is 2.53. The molecule has 2 N–H and O–H groups in total. The minimum absolute atomic E-state index is 0.0260. The second kappa shape index (κ2) is 3.83. The molecule has 1 aliphatic heterocycles. The van der Waals surface area contributed by atoms with Gasteiger partial charge in [-0.3, -0.25) is 0 Å². The first-order valence-electron chi connectivity index (χ1n) is 7.06. The van der Waals surface area contributed by atoms with Gasteiger partial charge in [-0.2, -0.15) is 0 Å². The summed E-state index contributed by atoms with van der Waals surface area (Å²) in [6.45, 7) is 7.78. The molecule has 4 nitrogen and oxygen atoms in total. The van der Waals surface area contributed by atoms with Crippen LogP contribution in [0.25, 0.3) is 0 Å². The van der Waals surface area contributed by atoms with Gasteiger partial charge in [-0.25, -0.2) is 4.79 Å². The smallest absolute Gasteiger partial charge is 0.338 e. The lowest BCUT2D eigenvalue weighted by molar-refractivity contribution is -0.154. The topological polar surface area (TPSA) is 66.8 Å². The van der Waals surface area contributed by atoms with E-state index < -0.39 is 17.7 Å². The predicted octanol–water partition coefficient (Wildman–Crippen LogP) is 1.41. The zero-order valence-corrected chi connectivity index (χ0v) is 11.6. The van der Waals surface area contributed by atoms with Gasteiger partial charge in [-0.15, -0.1) is 0 Å². The molecule has 6 unspecified atom stereocenters. The van der Waals surface area contributed by atoms with Crippen LogP contribution < -0.4 is 0 Å². The van der Waals surface area contributed by atoms with Gasteiger partial charge < -0.3 is 14.9 Å². The van der Waals surface area contributed by atoms with Crippen molar-refractivity contribution in [3.63, 3.8) is 0 Å². The molecule has 19 heavy (non-hydrogen) atoms. The Kier molecular flexibility index (Phi) is 2.64. The van der Waals surface area contributed by atoms with Crippen molar-refractivity contribution in [1.29, 1.82) is 0 Å². The molecule has 0 spiro atoms. The highest BCUT2D eigenvalue weighted by molar-refractivity contribution is 5.81. The Balaban J connectivity index is 1.93. The van der Waals surface area contributed by atoms with Crippen LogP contribution in [0.2, 0.25) is 0 Å². The van der Waals surface area contributed by atoms with E-state index >= 15 is 0 Å². The van der Waals surface area contributed by atoms with Gasteiger partial charge in [0.05, 0.1) is 6.10 Å². The number of esters is 1. The molecule has 0 amide bonds. The Morgan fingerprint density at radius 3 is 2.79 bits per heavy atom. The van der Waals surface area contributed by atoms with Gasteiger partial charge >= 0.3 is 5.97 Å². The van der Waals surface area contributed by atoms with E-state index in [2.05, 4.69) is 13.5 Å². The number of aliphatic hydroxyl groups excluding tert-OH is 1. The van der Waals surface area contributed by atoms with E-state index in [1.807, 2.05) is 0 Å². The number of fused-ring (bicyclic) bond motifs is 2. The van der Waals surface area contributed by atoms with Gasteiger partial charge in [0.1, 0.15) is 6.10 Å². The largest absolute Gasteiger partial charge is 0.460 e. The van der Waals surface area contributed by atoms with Crippen molar-refractivity contribution in [2.24, 2.45) is 17.3 Å². The number of ether oxygens (including phenoxy) is 1. The first-order valence-corrected chi connectivity index (χ1v) is 7.06. The maximum Gasteiger partial charge on any atom is 0.338 e. The molecule has 2 saturated carbocycles. The molecule has 0 bridgehead atoms. The van der Waals surface area contributed by atoms with Crippen molar-refractivity contribution in [2.45, 2.75) is 57.3 Å². The Bertz CT molecular complexity index is 441. The van der Waals surface area contributed by atoms with Crippen LogP contribution in [0.3, 0.4) is 0 Å². The molecule has 1 saturated heterocycles. The molecule has 106 valence electrons. The Morgan fingerprint density at radius 1 is 1.42 bits per heavy atom. The maximum absolute atomic E-state index is 11.8. The molecule has 0 radical (unpaired) electrons. The third-order valence-corrected chi connectivity index (χ3v) is 5.71. The summed E-state index contributed by atoms with van der Waals surface area (Å²) in [7, 11) is 0. The predicted molar refractivity (Wildman–Crippen MR) is 69.2 cm³/mol. The summed E-state index contributed by atoms with van der Waals surface area (Å²) in [6.07, 6.45) is 2.45. The lowest BCUT2D eigenvalue weighted by atomic mass is 9.54. The molecule has 3 aliphatic rings. The second-order valence-electron chi connectivity index (χ2n) is 6.97. The molecule has 3 fully saturated rings. The number of carbonyl (C=O) groups is 1. The molecular formula is C15H22O4. The summed E-state index contributed by atoms with van der Waals surface area (Å²) in [4.78, 5) is 11.8. The van der Waals surface area contributed by atoms with Crippen LogP contribution >= 0.6 is 0 Å². The first kappa shape index (κ1) is 13.1. The molecule has 0 aromatic heterocycles. The highest BCUT2D eigenvalue weighted by atomic mass is 16.6. The monoisotopic (exact) mass is 266 g/mol. The fourth-order valence-corrected chi connectivity index (χ4v) is 4.32. The van der Waals surface area contributed by atoms with Crippen LogP contribution in [0.15, 0.2) is 12.2 Å². The van der Waals surface area contributed by atoms with Crippen molar-refractivity contribution in [3.8, 4) is 0 Å². The molecule has 4 heteroatoms. The third kappa shape index (κ3) is 1.69. The number of rotatable bonds is 0. The van der Waals surface area contributed by atoms with Gasteiger partial charge in [0.15, 0.2) is 5.60 Å².